The average molecular weight is 319 g/mol. The molecule has 3 aromatic rings. The van der Waals surface area contributed by atoms with Gasteiger partial charge in [-0.2, -0.15) is 5.10 Å². The molecule has 2 heterocycles. The van der Waals surface area contributed by atoms with E-state index in [1.54, 1.807) is 36.8 Å². The van der Waals surface area contributed by atoms with Crippen molar-refractivity contribution >= 4 is 28.9 Å². The number of hydrogen-bond acceptors (Lipinski definition) is 3. The molecule has 0 unspecified atom stereocenters. The Morgan fingerprint density at radius 2 is 2.05 bits per heavy atom. The summed E-state index contributed by atoms with van der Waals surface area (Å²) in [5.74, 6) is 0. The fourth-order valence-electron chi connectivity index (χ4n) is 2.03. The van der Waals surface area contributed by atoms with Gasteiger partial charge in [-0.05, 0) is 30.3 Å². The van der Waals surface area contributed by atoms with E-state index in [2.05, 4.69) is 20.5 Å². The summed E-state index contributed by atoms with van der Waals surface area (Å²) in [7, 11) is 0. The van der Waals surface area contributed by atoms with Crippen molar-refractivity contribution < 1.29 is 0 Å². The van der Waals surface area contributed by atoms with E-state index >= 15 is 0 Å². The highest BCUT2D eigenvalue weighted by molar-refractivity contribution is 6.35. The largest absolute Gasteiger partial charge is 0.380 e. The van der Waals surface area contributed by atoms with Gasteiger partial charge in [0.2, 0.25) is 0 Å². The molecule has 21 heavy (non-hydrogen) atoms. The Labute approximate surface area is 132 Å². The molecule has 0 spiro atoms. The molecule has 6 heteroatoms. The fraction of sp³-hybridized carbons (Fsp3) is 0.0667. The van der Waals surface area contributed by atoms with Crippen LogP contribution in [0.4, 0.5) is 5.69 Å². The molecular weight excluding hydrogens is 307 g/mol. The minimum absolute atomic E-state index is 0.584. The number of anilines is 1. The molecule has 0 aliphatic rings. The van der Waals surface area contributed by atoms with Crippen molar-refractivity contribution in [1.29, 1.82) is 0 Å². The third-order valence-electron chi connectivity index (χ3n) is 3.07. The van der Waals surface area contributed by atoms with Gasteiger partial charge in [0.25, 0.3) is 0 Å². The highest BCUT2D eigenvalue weighted by Gasteiger charge is 2.08. The van der Waals surface area contributed by atoms with Gasteiger partial charge in [-0.15, -0.1) is 0 Å². The van der Waals surface area contributed by atoms with Crippen LogP contribution in [0.3, 0.4) is 0 Å². The molecule has 2 N–H and O–H groups in total. The molecular formula is C15H12Cl2N4. The van der Waals surface area contributed by atoms with Crippen LogP contribution in [-0.4, -0.2) is 15.2 Å². The zero-order valence-corrected chi connectivity index (χ0v) is 12.5. The summed E-state index contributed by atoms with van der Waals surface area (Å²) in [6, 6.07) is 9.20. The van der Waals surface area contributed by atoms with Crippen molar-refractivity contribution in [1.82, 2.24) is 15.2 Å². The first-order chi connectivity index (χ1) is 10.2. The van der Waals surface area contributed by atoms with Crippen molar-refractivity contribution in [3.63, 3.8) is 0 Å². The summed E-state index contributed by atoms with van der Waals surface area (Å²) in [6.07, 6.45) is 5.32. The van der Waals surface area contributed by atoms with Gasteiger partial charge >= 0.3 is 0 Å². The molecule has 0 aliphatic carbocycles. The van der Waals surface area contributed by atoms with E-state index in [-0.39, 0.29) is 0 Å². The summed E-state index contributed by atoms with van der Waals surface area (Å²) in [6.45, 7) is 0.584. The van der Waals surface area contributed by atoms with E-state index in [9.17, 15) is 0 Å². The normalized spacial score (nSPS) is 10.6. The van der Waals surface area contributed by atoms with Crippen LogP contribution in [0.1, 0.15) is 5.56 Å². The molecule has 2 aromatic heterocycles. The second kappa shape index (κ2) is 6.16. The predicted octanol–water partition coefficient (Wildman–Crippen LogP) is 4.39. The van der Waals surface area contributed by atoms with Crippen LogP contribution >= 0.6 is 23.2 Å². The number of nitrogens with one attached hydrogen (secondary N) is 2. The first kappa shape index (κ1) is 13.9. The maximum atomic E-state index is 6.14. The number of pyridine rings is 1. The summed E-state index contributed by atoms with van der Waals surface area (Å²) in [4.78, 5) is 4.12. The van der Waals surface area contributed by atoms with Gasteiger partial charge < -0.3 is 5.32 Å². The first-order valence-electron chi connectivity index (χ1n) is 6.35. The molecule has 0 radical (unpaired) electrons. The molecule has 0 saturated carbocycles. The molecule has 0 aliphatic heterocycles. The fourth-order valence-corrected chi connectivity index (χ4v) is 2.39. The third-order valence-corrected chi connectivity index (χ3v) is 3.63. The van der Waals surface area contributed by atoms with Gasteiger partial charge in [-0.25, -0.2) is 0 Å². The summed E-state index contributed by atoms with van der Waals surface area (Å²) in [5, 5.41) is 11.6. The molecule has 106 valence electrons. The second-order valence-corrected chi connectivity index (χ2v) is 5.33. The first-order valence-corrected chi connectivity index (χ1v) is 7.11. The third kappa shape index (κ3) is 3.17. The quantitative estimate of drug-likeness (QED) is 0.750. The van der Waals surface area contributed by atoms with E-state index in [0.717, 1.165) is 22.5 Å². The van der Waals surface area contributed by atoms with Gasteiger partial charge in [0.05, 0.1) is 22.6 Å². The number of aromatic nitrogens is 3. The highest BCUT2D eigenvalue weighted by Crippen LogP contribution is 2.27. The van der Waals surface area contributed by atoms with Crippen molar-refractivity contribution in [2.75, 3.05) is 5.32 Å². The second-order valence-electron chi connectivity index (χ2n) is 4.49. The number of rotatable bonds is 4. The Hall–Kier alpha value is -2.04. The standard InChI is InChI=1S/C15H12Cl2N4/c16-12-3-4-13(17)14(6-12)19-8-11-9-20-21-15(11)10-2-1-5-18-7-10/h1-7,9,19H,8H2,(H,20,21). The van der Waals surface area contributed by atoms with Crippen molar-refractivity contribution in [3.8, 4) is 11.3 Å². The van der Waals surface area contributed by atoms with Crippen LogP contribution in [0.2, 0.25) is 10.0 Å². The van der Waals surface area contributed by atoms with Gasteiger partial charge in [-0.1, -0.05) is 23.2 Å². The Morgan fingerprint density at radius 1 is 1.14 bits per heavy atom. The number of nitrogens with zero attached hydrogens (tertiary/aromatic N) is 2. The molecule has 4 nitrogen and oxygen atoms in total. The van der Waals surface area contributed by atoms with Crippen LogP contribution in [-0.2, 0) is 6.54 Å². The highest BCUT2D eigenvalue weighted by atomic mass is 35.5. The van der Waals surface area contributed by atoms with E-state index in [4.69, 9.17) is 23.2 Å². The maximum Gasteiger partial charge on any atom is 0.0715 e. The van der Waals surface area contributed by atoms with E-state index in [1.807, 2.05) is 12.1 Å². The van der Waals surface area contributed by atoms with E-state index < -0.39 is 0 Å². The van der Waals surface area contributed by atoms with Crippen LogP contribution in [0.15, 0.2) is 48.9 Å². The van der Waals surface area contributed by atoms with Gasteiger partial charge in [0.1, 0.15) is 0 Å². The van der Waals surface area contributed by atoms with Gasteiger partial charge in [-0.3, -0.25) is 10.1 Å². The molecule has 3 rings (SSSR count). The zero-order chi connectivity index (χ0) is 14.7. The molecule has 0 bridgehead atoms. The SMILES string of the molecule is Clc1ccc(Cl)c(NCc2cn[nH]c2-c2cccnc2)c1. The van der Waals surface area contributed by atoms with Crippen LogP contribution in [0.5, 0.6) is 0 Å². The molecule has 0 atom stereocenters. The van der Waals surface area contributed by atoms with Gasteiger partial charge in [0.15, 0.2) is 0 Å². The number of H-pyrrole nitrogens is 1. The molecule has 0 amide bonds. The number of benzene rings is 1. The minimum atomic E-state index is 0.584. The Morgan fingerprint density at radius 3 is 2.86 bits per heavy atom. The van der Waals surface area contributed by atoms with Crippen molar-refractivity contribution in [3.05, 3.63) is 64.5 Å². The average Bonchev–Trinajstić information content (AvgIpc) is 2.97. The van der Waals surface area contributed by atoms with E-state index in [0.29, 0.717) is 16.6 Å². The number of halogens is 2. The lowest BCUT2D eigenvalue weighted by atomic mass is 10.1. The lowest BCUT2D eigenvalue weighted by molar-refractivity contribution is 1.09. The van der Waals surface area contributed by atoms with Gasteiger partial charge in [0, 0.05) is 35.1 Å². The summed E-state index contributed by atoms with van der Waals surface area (Å²) < 4.78 is 0. The summed E-state index contributed by atoms with van der Waals surface area (Å²) in [5.41, 5.74) is 3.75. The Balaban J connectivity index is 1.81. The van der Waals surface area contributed by atoms with Crippen LogP contribution < -0.4 is 5.32 Å². The molecule has 0 saturated heterocycles. The smallest absolute Gasteiger partial charge is 0.0715 e. The lowest BCUT2D eigenvalue weighted by Crippen LogP contribution is -2.00. The minimum Gasteiger partial charge on any atom is -0.380 e. The van der Waals surface area contributed by atoms with Crippen LogP contribution in [0, 0.1) is 0 Å². The van der Waals surface area contributed by atoms with E-state index in [1.165, 1.54) is 0 Å². The number of hydrogen-bond donors (Lipinski definition) is 2. The van der Waals surface area contributed by atoms with Crippen molar-refractivity contribution in [2.24, 2.45) is 0 Å². The van der Waals surface area contributed by atoms with Crippen molar-refractivity contribution in [2.45, 2.75) is 6.54 Å². The Kier molecular flexibility index (Phi) is 4.08. The van der Waals surface area contributed by atoms with Crippen LogP contribution in [0.25, 0.3) is 11.3 Å². The lowest BCUT2D eigenvalue weighted by Gasteiger charge is -2.09. The summed E-state index contributed by atoms with van der Waals surface area (Å²) >= 11 is 12.1. The molecule has 1 aromatic carbocycles. The molecule has 0 fully saturated rings. The predicted molar refractivity (Wildman–Crippen MR) is 85.6 cm³/mol. The monoisotopic (exact) mass is 318 g/mol. The Bertz CT molecular complexity index is 740. The number of aromatic amines is 1. The zero-order valence-electron chi connectivity index (χ0n) is 11.0. The topological polar surface area (TPSA) is 53.6 Å². The maximum absolute atomic E-state index is 6.14.